The van der Waals surface area contributed by atoms with E-state index in [4.69, 9.17) is 4.42 Å². The maximum atomic E-state index is 12.8. The monoisotopic (exact) mass is 552 g/mol. The number of halogens is 1. The zero-order valence-corrected chi connectivity index (χ0v) is 21.3. The van der Waals surface area contributed by atoms with Gasteiger partial charge in [0.1, 0.15) is 9.73 Å². The minimum atomic E-state index is -3.46. The molecule has 33 heavy (non-hydrogen) atoms. The number of amides is 1. The second kappa shape index (κ2) is 9.46. The second-order valence-electron chi connectivity index (χ2n) is 8.38. The number of piperidine rings is 1. The second-order valence-corrected chi connectivity index (χ2v) is 13.0. The fourth-order valence-electron chi connectivity index (χ4n) is 4.34. The number of nitrogens with zero attached hydrogens (tertiary/aromatic N) is 4. The molecule has 2 aliphatic heterocycles. The minimum Gasteiger partial charge on any atom is -0.439 e. The zero-order valence-electron chi connectivity index (χ0n) is 18.1. The molecule has 0 atom stereocenters. The first kappa shape index (κ1) is 23.0. The van der Waals surface area contributed by atoms with Gasteiger partial charge in [0.15, 0.2) is 5.58 Å². The fraction of sp³-hybridized carbons (Fsp3) is 0.455. The highest BCUT2D eigenvalue weighted by atomic mass is 79.9. The Morgan fingerprint density at radius 3 is 2.48 bits per heavy atom. The highest BCUT2D eigenvalue weighted by Crippen LogP contribution is 2.29. The lowest BCUT2D eigenvalue weighted by Crippen LogP contribution is -2.48. The molecule has 5 rings (SSSR count). The van der Waals surface area contributed by atoms with Crippen LogP contribution in [0.15, 0.2) is 42.7 Å². The number of hydrogen-bond donors (Lipinski definition) is 0. The van der Waals surface area contributed by atoms with Crippen LogP contribution in [-0.2, 0) is 16.6 Å². The first-order chi connectivity index (χ1) is 15.9. The van der Waals surface area contributed by atoms with Crippen LogP contribution < -0.4 is 0 Å². The van der Waals surface area contributed by atoms with Gasteiger partial charge in [0.2, 0.25) is 5.89 Å². The van der Waals surface area contributed by atoms with Gasteiger partial charge in [-0.15, -0.1) is 11.3 Å². The molecule has 0 radical (unpaired) electrons. The van der Waals surface area contributed by atoms with E-state index < -0.39 is 10.0 Å². The molecular formula is C22H25BrN4O4S2. The number of sulfonamides is 1. The van der Waals surface area contributed by atoms with Crippen LogP contribution in [0.2, 0.25) is 0 Å². The first-order valence-corrected chi connectivity index (χ1v) is 14.1. The molecule has 2 aromatic heterocycles. The van der Waals surface area contributed by atoms with E-state index in [0.717, 1.165) is 29.7 Å². The van der Waals surface area contributed by atoms with Crippen LogP contribution in [0.3, 0.4) is 0 Å². The van der Waals surface area contributed by atoms with Gasteiger partial charge in [0.05, 0.1) is 10.3 Å². The molecule has 0 spiro atoms. The molecular weight excluding hydrogens is 528 g/mol. The number of benzene rings is 1. The smallest absolute Gasteiger partial charge is 0.253 e. The van der Waals surface area contributed by atoms with Gasteiger partial charge in [0, 0.05) is 44.8 Å². The van der Waals surface area contributed by atoms with Crippen LogP contribution in [-0.4, -0.2) is 72.7 Å². The highest BCUT2D eigenvalue weighted by molar-refractivity contribution is 9.11. The number of hydrogen-bond acceptors (Lipinski definition) is 7. The molecule has 2 saturated heterocycles. The summed E-state index contributed by atoms with van der Waals surface area (Å²) >= 11 is 4.56. The number of piperazine rings is 1. The van der Waals surface area contributed by atoms with Crippen molar-refractivity contribution in [1.29, 1.82) is 0 Å². The van der Waals surface area contributed by atoms with Crippen LogP contribution >= 0.6 is 27.3 Å². The summed E-state index contributed by atoms with van der Waals surface area (Å²) in [5, 5.41) is 0. The van der Waals surface area contributed by atoms with Crippen molar-refractivity contribution in [1.82, 2.24) is 19.1 Å². The average molecular weight is 554 g/mol. The summed E-state index contributed by atoms with van der Waals surface area (Å²) in [5.74, 6) is 0.627. The molecule has 11 heteroatoms. The summed E-state index contributed by atoms with van der Waals surface area (Å²) < 4.78 is 34.2. The summed E-state index contributed by atoms with van der Waals surface area (Å²) in [7, 11) is -3.46. The Morgan fingerprint density at radius 2 is 1.79 bits per heavy atom. The number of fused-ring (bicyclic) bond motifs is 1. The highest BCUT2D eigenvalue weighted by Gasteiger charge is 2.30. The molecule has 1 amide bonds. The van der Waals surface area contributed by atoms with E-state index in [1.165, 1.54) is 22.1 Å². The Kier molecular flexibility index (Phi) is 6.58. The lowest BCUT2D eigenvalue weighted by molar-refractivity contribution is 0.0724. The van der Waals surface area contributed by atoms with E-state index in [9.17, 15) is 13.2 Å². The fourth-order valence-corrected chi connectivity index (χ4v) is 7.92. The lowest BCUT2D eigenvalue weighted by Gasteiger charge is -2.32. The van der Waals surface area contributed by atoms with E-state index in [2.05, 4.69) is 25.8 Å². The number of likely N-dealkylation sites (tertiary alicyclic amines) is 1. The van der Waals surface area contributed by atoms with Crippen LogP contribution in [0.25, 0.3) is 11.1 Å². The van der Waals surface area contributed by atoms with Crippen molar-refractivity contribution in [2.24, 2.45) is 0 Å². The van der Waals surface area contributed by atoms with Crippen LogP contribution in [0.1, 0.15) is 35.5 Å². The maximum Gasteiger partial charge on any atom is 0.253 e. The Morgan fingerprint density at radius 1 is 1.03 bits per heavy atom. The van der Waals surface area contributed by atoms with Crippen molar-refractivity contribution in [3.8, 4) is 0 Å². The van der Waals surface area contributed by atoms with Crippen molar-refractivity contribution >= 4 is 54.3 Å². The van der Waals surface area contributed by atoms with Gasteiger partial charge in [-0.25, -0.2) is 13.4 Å². The molecule has 0 N–H and O–H groups in total. The van der Waals surface area contributed by atoms with Crippen molar-refractivity contribution in [2.75, 3.05) is 39.3 Å². The number of aromatic nitrogens is 1. The number of oxazole rings is 1. The molecule has 176 valence electrons. The third kappa shape index (κ3) is 4.88. The molecule has 2 fully saturated rings. The SMILES string of the molecule is O=C(c1ccc2oc(CN3CCN(S(=O)(=O)c4ccc(Br)s4)CC3)nc2c1)N1CCCCC1. The number of thiophene rings is 1. The third-order valence-electron chi connectivity index (χ3n) is 6.15. The van der Waals surface area contributed by atoms with Crippen molar-refractivity contribution in [3.63, 3.8) is 0 Å². The maximum absolute atomic E-state index is 12.8. The van der Waals surface area contributed by atoms with Crippen molar-refractivity contribution in [3.05, 3.63) is 45.6 Å². The van der Waals surface area contributed by atoms with E-state index in [-0.39, 0.29) is 5.91 Å². The van der Waals surface area contributed by atoms with Gasteiger partial charge in [-0.1, -0.05) is 0 Å². The summed E-state index contributed by atoms with van der Waals surface area (Å²) in [6.45, 7) is 4.17. The molecule has 2 aliphatic rings. The predicted octanol–water partition coefficient (Wildman–Crippen LogP) is 3.78. The number of carbonyl (C=O) groups excluding carboxylic acids is 1. The van der Waals surface area contributed by atoms with E-state index >= 15 is 0 Å². The average Bonchev–Trinajstić information content (AvgIpc) is 3.45. The molecule has 0 aliphatic carbocycles. The van der Waals surface area contributed by atoms with Crippen molar-refractivity contribution < 1.29 is 17.6 Å². The number of carbonyl (C=O) groups is 1. The van der Waals surface area contributed by atoms with Gasteiger partial charge < -0.3 is 9.32 Å². The summed E-state index contributed by atoms with van der Waals surface area (Å²) in [6, 6.07) is 8.82. The Hall–Kier alpha value is -1.79. The third-order valence-corrected chi connectivity index (χ3v) is 10.1. The molecule has 1 aromatic carbocycles. The van der Waals surface area contributed by atoms with Gasteiger partial charge in [-0.2, -0.15) is 4.31 Å². The first-order valence-electron chi connectivity index (χ1n) is 11.1. The molecule has 8 nitrogen and oxygen atoms in total. The van der Waals surface area contributed by atoms with E-state index in [1.807, 2.05) is 17.0 Å². The Bertz CT molecular complexity index is 1260. The molecule has 0 bridgehead atoms. The summed E-state index contributed by atoms with van der Waals surface area (Å²) in [5.41, 5.74) is 1.98. The van der Waals surface area contributed by atoms with Gasteiger partial charge >= 0.3 is 0 Å². The normalized spacial score (nSPS) is 18.8. The van der Waals surface area contributed by atoms with Gasteiger partial charge in [-0.05, 0) is 65.5 Å². The van der Waals surface area contributed by atoms with Crippen LogP contribution in [0, 0.1) is 0 Å². The molecule has 4 heterocycles. The molecule has 3 aromatic rings. The van der Waals surface area contributed by atoms with Crippen molar-refractivity contribution in [2.45, 2.75) is 30.0 Å². The largest absolute Gasteiger partial charge is 0.439 e. The molecule has 0 saturated carbocycles. The van der Waals surface area contributed by atoms with E-state index in [1.54, 1.807) is 18.2 Å². The minimum absolute atomic E-state index is 0.0521. The van der Waals surface area contributed by atoms with Crippen LogP contribution in [0.4, 0.5) is 0 Å². The standard InChI is InChI=1S/C22H25BrN4O4S2/c23-19-6-7-21(32-19)33(29,30)27-12-10-25(11-13-27)15-20-24-17-14-16(4-5-18(17)31-20)22(28)26-8-2-1-3-9-26/h4-7,14H,1-3,8-13,15H2. The molecule has 0 unspecified atom stereocenters. The van der Waals surface area contributed by atoms with Crippen LogP contribution in [0.5, 0.6) is 0 Å². The number of rotatable bonds is 5. The zero-order chi connectivity index (χ0) is 23.0. The van der Waals surface area contributed by atoms with E-state index in [0.29, 0.717) is 59.5 Å². The van der Waals surface area contributed by atoms with Gasteiger partial charge in [-0.3, -0.25) is 9.69 Å². The Balaban J connectivity index is 1.22. The summed E-state index contributed by atoms with van der Waals surface area (Å²) in [6.07, 6.45) is 3.30. The Labute approximate surface area is 205 Å². The van der Waals surface area contributed by atoms with Gasteiger partial charge in [0.25, 0.3) is 15.9 Å². The lowest BCUT2D eigenvalue weighted by atomic mass is 10.1. The topological polar surface area (TPSA) is 87.0 Å². The quantitative estimate of drug-likeness (QED) is 0.478. The summed E-state index contributed by atoms with van der Waals surface area (Å²) in [4.78, 5) is 21.4. The predicted molar refractivity (Wildman–Crippen MR) is 130 cm³/mol.